The van der Waals surface area contributed by atoms with Crippen LogP contribution in [0.5, 0.6) is 0 Å². The summed E-state index contributed by atoms with van der Waals surface area (Å²) in [7, 11) is 1.50. The average Bonchev–Trinajstić information content (AvgIpc) is 3.19. The van der Waals surface area contributed by atoms with E-state index >= 15 is 0 Å². The number of guanidine groups is 1. The third-order valence-corrected chi connectivity index (χ3v) is 8.07. The van der Waals surface area contributed by atoms with E-state index in [-0.39, 0.29) is 0 Å². The fourth-order valence-corrected chi connectivity index (χ4v) is 5.55. The first kappa shape index (κ1) is 20.6. The molecule has 0 saturated carbocycles. The fourth-order valence-electron chi connectivity index (χ4n) is 3.09. The minimum absolute atomic E-state index is 0.362. The Labute approximate surface area is 171 Å². The van der Waals surface area contributed by atoms with E-state index in [0.29, 0.717) is 10.8 Å². The van der Waals surface area contributed by atoms with Crippen LogP contribution in [0.25, 0.3) is 0 Å². The van der Waals surface area contributed by atoms with Crippen molar-refractivity contribution >= 4 is 33.0 Å². The Morgan fingerprint density at radius 3 is 2.39 bits per heavy atom. The molecule has 1 aliphatic heterocycles. The van der Waals surface area contributed by atoms with Crippen LogP contribution in [-0.4, -0.2) is 70.9 Å². The van der Waals surface area contributed by atoms with Crippen LogP contribution in [0, 0.1) is 0 Å². The number of nitrogens with zero attached hydrogens (tertiary/aromatic N) is 4. The molecule has 152 valence electrons. The zero-order valence-corrected chi connectivity index (χ0v) is 18.1. The fraction of sp³-hybridized carbons (Fsp3) is 0.421. The lowest BCUT2D eigenvalue weighted by atomic mass is 10.2. The molecule has 1 aromatic heterocycles. The maximum atomic E-state index is 12.2. The minimum Gasteiger partial charge on any atom is -0.368 e. The molecule has 28 heavy (non-hydrogen) atoms. The molecule has 2 heterocycles. The lowest BCUT2D eigenvalue weighted by Crippen LogP contribution is -2.52. The van der Waals surface area contributed by atoms with Crippen LogP contribution in [-0.2, 0) is 16.6 Å². The number of anilines is 1. The summed E-state index contributed by atoms with van der Waals surface area (Å²) in [6.45, 7) is 4.21. The van der Waals surface area contributed by atoms with Crippen molar-refractivity contribution < 1.29 is 8.42 Å². The molecule has 2 aromatic rings. The van der Waals surface area contributed by atoms with E-state index in [0.717, 1.165) is 37.0 Å². The van der Waals surface area contributed by atoms with Gasteiger partial charge in [0.05, 0.1) is 6.54 Å². The number of aliphatic imine (C=N–C) groups is 1. The van der Waals surface area contributed by atoms with Gasteiger partial charge >= 0.3 is 0 Å². The summed E-state index contributed by atoms with van der Waals surface area (Å²) < 4.78 is 26.0. The zero-order valence-electron chi connectivity index (χ0n) is 16.5. The molecule has 0 amide bonds. The van der Waals surface area contributed by atoms with E-state index in [1.165, 1.54) is 21.3 Å². The number of para-hydroxylation sites is 1. The summed E-state index contributed by atoms with van der Waals surface area (Å²) in [5.41, 5.74) is 1.25. The second-order valence-corrected chi connectivity index (χ2v) is 10.3. The van der Waals surface area contributed by atoms with Crippen molar-refractivity contribution in [1.82, 2.24) is 14.5 Å². The zero-order chi connectivity index (χ0) is 20.1. The Balaban J connectivity index is 1.55. The quantitative estimate of drug-likeness (QED) is 0.590. The van der Waals surface area contributed by atoms with Gasteiger partial charge in [-0.05, 0) is 24.3 Å². The topological polar surface area (TPSA) is 68.2 Å². The van der Waals surface area contributed by atoms with Crippen molar-refractivity contribution in [2.45, 2.75) is 10.8 Å². The van der Waals surface area contributed by atoms with E-state index in [9.17, 15) is 8.42 Å². The van der Waals surface area contributed by atoms with Crippen molar-refractivity contribution in [3.05, 3.63) is 47.3 Å². The molecule has 1 aromatic carbocycles. The second-order valence-electron chi connectivity index (χ2n) is 6.72. The molecule has 9 heteroatoms. The standard InChI is InChI=1S/C19H27N5O2S2/c1-20-19(21-15-17-9-10-18(27-17)28(25,26)22(2)3)24-13-11-23(12-14-24)16-7-5-4-6-8-16/h4-10H,11-15H2,1-3H3,(H,20,21). The lowest BCUT2D eigenvalue weighted by molar-refractivity contribution is 0.372. The number of hydrogen-bond acceptors (Lipinski definition) is 5. The molecule has 7 nitrogen and oxygen atoms in total. The highest BCUT2D eigenvalue weighted by molar-refractivity contribution is 7.91. The third kappa shape index (κ3) is 4.65. The summed E-state index contributed by atoms with van der Waals surface area (Å²) in [5, 5.41) is 3.36. The highest BCUT2D eigenvalue weighted by Crippen LogP contribution is 2.23. The van der Waals surface area contributed by atoms with Gasteiger partial charge in [0.2, 0.25) is 0 Å². The molecule has 0 bridgehead atoms. The van der Waals surface area contributed by atoms with Gasteiger partial charge in [-0.15, -0.1) is 11.3 Å². The largest absolute Gasteiger partial charge is 0.368 e. The van der Waals surface area contributed by atoms with Crippen LogP contribution in [0.1, 0.15) is 4.88 Å². The Morgan fingerprint density at radius 1 is 1.11 bits per heavy atom. The SMILES string of the molecule is CN=C(NCc1ccc(S(=O)(=O)N(C)C)s1)N1CCN(c2ccccc2)CC1. The van der Waals surface area contributed by atoms with E-state index in [2.05, 4.69) is 44.4 Å². The summed E-state index contributed by atoms with van der Waals surface area (Å²) >= 11 is 1.29. The van der Waals surface area contributed by atoms with Gasteiger partial charge in [0.1, 0.15) is 4.21 Å². The Hall–Kier alpha value is -2.10. The minimum atomic E-state index is -3.38. The first-order valence-electron chi connectivity index (χ1n) is 9.18. The molecule has 1 saturated heterocycles. The molecule has 3 rings (SSSR count). The predicted molar refractivity (Wildman–Crippen MR) is 116 cm³/mol. The number of sulfonamides is 1. The van der Waals surface area contributed by atoms with E-state index in [4.69, 9.17) is 0 Å². The highest BCUT2D eigenvalue weighted by atomic mass is 32.2. The Kier molecular flexibility index (Phi) is 6.58. The number of hydrogen-bond donors (Lipinski definition) is 1. The molecule has 0 spiro atoms. The number of benzene rings is 1. The lowest BCUT2D eigenvalue weighted by Gasteiger charge is -2.37. The van der Waals surface area contributed by atoms with Gasteiger partial charge in [-0.25, -0.2) is 12.7 Å². The van der Waals surface area contributed by atoms with Gasteiger partial charge in [0.25, 0.3) is 10.0 Å². The maximum Gasteiger partial charge on any atom is 0.252 e. The number of piperazine rings is 1. The smallest absolute Gasteiger partial charge is 0.252 e. The van der Waals surface area contributed by atoms with Crippen molar-refractivity contribution in [3.63, 3.8) is 0 Å². The van der Waals surface area contributed by atoms with Crippen LogP contribution < -0.4 is 10.2 Å². The summed E-state index contributed by atoms with van der Waals surface area (Å²) in [5.74, 6) is 0.845. The van der Waals surface area contributed by atoms with Gasteiger partial charge in [0.15, 0.2) is 5.96 Å². The Bertz CT molecular complexity index is 901. The van der Waals surface area contributed by atoms with Crippen LogP contribution in [0.4, 0.5) is 5.69 Å². The van der Waals surface area contributed by atoms with E-state index < -0.39 is 10.0 Å². The summed E-state index contributed by atoms with van der Waals surface area (Å²) in [4.78, 5) is 9.98. The normalized spacial score (nSPS) is 15.9. The second kappa shape index (κ2) is 8.93. The van der Waals surface area contributed by atoms with Crippen molar-refractivity contribution in [2.24, 2.45) is 4.99 Å². The molecule has 0 atom stereocenters. The van der Waals surface area contributed by atoms with Gasteiger partial charge < -0.3 is 15.1 Å². The molecular weight excluding hydrogens is 394 g/mol. The number of rotatable bonds is 5. The Morgan fingerprint density at radius 2 is 1.79 bits per heavy atom. The van der Waals surface area contributed by atoms with Crippen molar-refractivity contribution in [3.8, 4) is 0 Å². The van der Waals surface area contributed by atoms with Crippen molar-refractivity contribution in [1.29, 1.82) is 0 Å². The van der Waals surface area contributed by atoms with Crippen LogP contribution in [0.15, 0.2) is 51.7 Å². The maximum absolute atomic E-state index is 12.2. The highest BCUT2D eigenvalue weighted by Gasteiger charge is 2.21. The first-order valence-corrected chi connectivity index (χ1v) is 11.4. The van der Waals surface area contributed by atoms with Gasteiger partial charge in [-0.3, -0.25) is 4.99 Å². The summed E-state index contributed by atoms with van der Waals surface area (Å²) in [6, 6.07) is 14.0. The van der Waals surface area contributed by atoms with E-state index in [1.807, 2.05) is 12.1 Å². The summed E-state index contributed by atoms with van der Waals surface area (Å²) in [6.07, 6.45) is 0. The average molecular weight is 422 g/mol. The van der Waals surface area contributed by atoms with Gasteiger partial charge in [0, 0.05) is 57.9 Å². The van der Waals surface area contributed by atoms with E-state index in [1.54, 1.807) is 27.2 Å². The van der Waals surface area contributed by atoms with Crippen LogP contribution >= 0.6 is 11.3 Å². The van der Waals surface area contributed by atoms with Crippen LogP contribution in [0.3, 0.4) is 0 Å². The van der Waals surface area contributed by atoms with Crippen LogP contribution in [0.2, 0.25) is 0 Å². The predicted octanol–water partition coefficient (Wildman–Crippen LogP) is 1.90. The molecule has 1 fully saturated rings. The van der Waals surface area contributed by atoms with Crippen molar-refractivity contribution in [2.75, 3.05) is 52.2 Å². The molecular formula is C19H27N5O2S2. The number of thiophene rings is 1. The number of nitrogens with one attached hydrogen (secondary N) is 1. The molecule has 1 aliphatic rings. The molecule has 1 N–H and O–H groups in total. The molecule has 0 aliphatic carbocycles. The molecule has 0 radical (unpaired) electrons. The van der Waals surface area contributed by atoms with Gasteiger partial charge in [-0.2, -0.15) is 0 Å². The monoisotopic (exact) mass is 421 g/mol. The first-order chi connectivity index (χ1) is 13.4. The van der Waals surface area contributed by atoms with Gasteiger partial charge in [-0.1, -0.05) is 18.2 Å². The third-order valence-electron chi connectivity index (χ3n) is 4.71. The molecule has 0 unspecified atom stereocenters.